The molecule has 0 aliphatic carbocycles. The number of carbonyl (C=O) groups is 1. The van der Waals surface area contributed by atoms with Crippen LogP contribution in [0.1, 0.15) is 17.5 Å². The fourth-order valence-corrected chi connectivity index (χ4v) is 3.44. The van der Waals surface area contributed by atoms with Crippen LogP contribution in [-0.4, -0.2) is 27.2 Å². The Bertz CT molecular complexity index is 1150. The highest BCUT2D eigenvalue weighted by molar-refractivity contribution is 6.32. The van der Waals surface area contributed by atoms with Gasteiger partial charge in [0.25, 0.3) is 0 Å². The summed E-state index contributed by atoms with van der Waals surface area (Å²) in [6.07, 6.45) is 0.314. The van der Waals surface area contributed by atoms with Gasteiger partial charge in [-0.3, -0.25) is 4.79 Å². The van der Waals surface area contributed by atoms with Crippen molar-refractivity contribution < 1.29 is 23.4 Å². The second-order valence-corrected chi connectivity index (χ2v) is 7.00. The van der Waals surface area contributed by atoms with Crippen LogP contribution >= 0.6 is 11.6 Å². The number of hydrogen-bond donors (Lipinski definition) is 1. The average molecular weight is 432 g/mol. The minimum absolute atomic E-state index is 0.0834. The van der Waals surface area contributed by atoms with Crippen molar-refractivity contribution in [3.8, 4) is 17.2 Å². The van der Waals surface area contributed by atoms with Gasteiger partial charge in [0.05, 0.1) is 32.0 Å². The Morgan fingerprint density at radius 3 is 2.47 bits per heavy atom. The third-order valence-electron chi connectivity index (χ3n) is 4.84. The number of halogens is 1. The lowest BCUT2D eigenvalue weighted by molar-refractivity contribution is -0.116. The molecule has 8 heteroatoms. The number of anilines is 1. The number of amides is 1. The van der Waals surface area contributed by atoms with Crippen LogP contribution < -0.4 is 25.2 Å². The van der Waals surface area contributed by atoms with E-state index < -0.39 is 5.63 Å². The zero-order valence-corrected chi connectivity index (χ0v) is 17.9. The number of hydrogen-bond acceptors (Lipinski definition) is 6. The zero-order valence-electron chi connectivity index (χ0n) is 17.1. The van der Waals surface area contributed by atoms with E-state index in [1.54, 1.807) is 31.4 Å². The van der Waals surface area contributed by atoms with Crippen LogP contribution in [0.2, 0.25) is 5.02 Å². The number of ether oxygens (including phenoxy) is 3. The average Bonchev–Trinajstić information content (AvgIpc) is 2.73. The third-order valence-corrected chi connectivity index (χ3v) is 5.14. The second-order valence-electron chi connectivity index (χ2n) is 6.59. The van der Waals surface area contributed by atoms with Crippen LogP contribution in [0, 0.1) is 6.92 Å². The number of fused-ring (bicyclic) bond motifs is 1. The summed E-state index contributed by atoms with van der Waals surface area (Å²) < 4.78 is 21.0. The Hall–Kier alpha value is -3.19. The minimum atomic E-state index is -0.467. The molecule has 0 spiro atoms. The van der Waals surface area contributed by atoms with E-state index in [1.165, 1.54) is 14.2 Å². The molecule has 0 aliphatic rings. The Balaban J connectivity index is 1.79. The van der Waals surface area contributed by atoms with Gasteiger partial charge >= 0.3 is 5.63 Å². The SMILES string of the molecule is COc1ccc2c(C)c(CCC(=O)Nc3cc(Cl)c(OC)cc3OC)c(=O)oc2c1. The number of benzene rings is 2. The largest absolute Gasteiger partial charge is 0.497 e. The van der Waals surface area contributed by atoms with Crippen molar-refractivity contribution in [2.75, 3.05) is 26.6 Å². The van der Waals surface area contributed by atoms with Crippen LogP contribution in [-0.2, 0) is 11.2 Å². The summed E-state index contributed by atoms with van der Waals surface area (Å²) in [5.41, 5.74) is 1.64. The fraction of sp³-hybridized carbons (Fsp3) is 0.273. The molecule has 1 amide bonds. The molecule has 0 saturated heterocycles. The smallest absolute Gasteiger partial charge is 0.339 e. The standard InChI is InChI=1S/C22H22ClNO6/c1-12-14-6-5-13(27-2)9-18(14)30-22(26)15(12)7-8-21(25)24-17-10-16(23)19(28-3)11-20(17)29-4/h5-6,9-11H,7-8H2,1-4H3,(H,24,25). The van der Waals surface area contributed by atoms with Gasteiger partial charge in [-0.25, -0.2) is 4.79 Å². The van der Waals surface area contributed by atoms with Crippen molar-refractivity contribution in [1.82, 2.24) is 0 Å². The van der Waals surface area contributed by atoms with Crippen molar-refractivity contribution >= 4 is 34.2 Å². The van der Waals surface area contributed by atoms with Gasteiger partial charge in [0.1, 0.15) is 22.8 Å². The molecule has 30 heavy (non-hydrogen) atoms. The molecule has 3 aromatic rings. The zero-order chi connectivity index (χ0) is 21.8. The molecule has 1 N–H and O–H groups in total. The predicted octanol–water partition coefficient (Wildman–Crippen LogP) is 4.35. The first kappa shape index (κ1) is 21.5. The van der Waals surface area contributed by atoms with E-state index in [9.17, 15) is 9.59 Å². The van der Waals surface area contributed by atoms with Crippen LogP contribution in [0.25, 0.3) is 11.0 Å². The fourth-order valence-electron chi connectivity index (χ4n) is 3.20. The van der Waals surface area contributed by atoms with Crippen molar-refractivity contribution in [2.24, 2.45) is 0 Å². The number of aryl methyl sites for hydroxylation is 1. The lowest BCUT2D eigenvalue weighted by atomic mass is 10.0. The molecule has 0 radical (unpaired) electrons. The van der Waals surface area contributed by atoms with Crippen molar-refractivity contribution in [2.45, 2.75) is 19.8 Å². The van der Waals surface area contributed by atoms with E-state index in [2.05, 4.69) is 5.32 Å². The number of carbonyl (C=O) groups excluding carboxylic acids is 1. The summed E-state index contributed by atoms with van der Waals surface area (Å²) in [6, 6.07) is 8.44. The molecule has 1 heterocycles. The predicted molar refractivity (Wildman–Crippen MR) is 115 cm³/mol. The van der Waals surface area contributed by atoms with Gasteiger partial charge in [-0.15, -0.1) is 0 Å². The molecule has 158 valence electrons. The Morgan fingerprint density at radius 1 is 1.07 bits per heavy atom. The van der Waals surface area contributed by atoms with Gasteiger partial charge in [-0.05, 0) is 37.1 Å². The molecule has 0 atom stereocenters. The highest BCUT2D eigenvalue weighted by Gasteiger charge is 2.16. The molecule has 1 aromatic heterocycles. The van der Waals surface area contributed by atoms with Crippen molar-refractivity contribution in [1.29, 1.82) is 0 Å². The molecule has 0 fully saturated rings. The van der Waals surface area contributed by atoms with E-state index >= 15 is 0 Å². The second kappa shape index (κ2) is 9.09. The number of rotatable bonds is 7. The lowest BCUT2D eigenvalue weighted by Crippen LogP contribution is -2.17. The van der Waals surface area contributed by atoms with E-state index in [4.69, 9.17) is 30.2 Å². The van der Waals surface area contributed by atoms with Crippen LogP contribution in [0.5, 0.6) is 17.2 Å². The van der Waals surface area contributed by atoms with Crippen LogP contribution in [0.15, 0.2) is 39.5 Å². The maximum Gasteiger partial charge on any atom is 0.339 e. The van der Waals surface area contributed by atoms with E-state index in [0.29, 0.717) is 39.1 Å². The van der Waals surface area contributed by atoms with Gasteiger partial charge < -0.3 is 23.9 Å². The van der Waals surface area contributed by atoms with E-state index in [1.807, 2.05) is 13.0 Å². The maximum atomic E-state index is 12.5. The summed E-state index contributed by atoms with van der Waals surface area (Å²) in [5.74, 6) is 1.17. The van der Waals surface area contributed by atoms with Crippen LogP contribution in [0.4, 0.5) is 5.69 Å². The quantitative estimate of drug-likeness (QED) is 0.559. The van der Waals surface area contributed by atoms with Crippen molar-refractivity contribution in [3.63, 3.8) is 0 Å². The lowest BCUT2D eigenvalue weighted by Gasteiger charge is -2.13. The summed E-state index contributed by atoms with van der Waals surface area (Å²) in [4.78, 5) is 24.9. The normalized spacial score (nSPS) is 10.7. The van der Waals surface area contributed by atoms with Gasteiger partial charge in [0.15, 0.2) is 0 Å². The number of nitrogens with one attached hydrogen (secondary N) is 1. The molecule has 7 nitrogen and oxygen atoms in total. The molecular weight excluding hydrogens is 410 g/mol. The van der Waals surface area contributed by atoms with Crippen molar-refractivity contribution in [3.05, 3.63) is 56.9 Å². The maximum absolute atomic E-state index is 12.5. The first-order valence-electron chi connectivity index (χ1n) is 9.19. The van der Waals surface area contributed by atoms with Gasteiger partial charge in [-0.1, -0.05) is 11.6 Å². The Morgan fingerprint density at radius 2 is 1.80 bits per heavy atom. The molecule has 0 unspecified atom stereocenters. The highest BCUT2D eigenvalue weighted by Crippen LogP contribution is 2.36. The van der Waals surface area contributed by atoms with E-state index in [-0.39, 0.29) is 18.7 Å². The van der Waals surface area contributed by atoms with Gasteiger partial charge in [0.2, 0.25) is 5.91 Å². The molecule has 0 saturated carbocycles. The van der Waals surface area contributed by atoms with Gasteiger partial charge in [-0.2, -0.15) is 0 Å². The van der Waals surface area contributed by atoms with Crippen LogP contribution in [0.3, 0.4) is 0 Å². The summed E-state index contributed by atoms with van der Waals surface area (Å²) >= 11 is 6.14. The molecule has 0 aliphatic heterocycles. The minimum Gasteiger partial charge on any atom is -0.497 e. The van der Waals surface area contributed by atoms with Gasteiger partial charge in [0, 0.05) is 29.5 Å². The highest BCUT2D eigenvalue weighted by atomic mass is 35.5. The Kier molecular flexibility index (Phi) is 6.52. The topological polar surface area (TPSA) is 87.0 Å². The summed E-state index contributed by atoms with van der Waals surface area (Å²) in [5, 5.41) is 3.90. The molecule has 3 rings (SSSR count). The van der Waals surface area contributed by atoms with E-state index in [0.717, 1.165) is 10.9 Å². The number of methoxy groups -OCH3 is 3. The third kappa shape index (κ3) is 4.36. The summed E-state index contributed by atoms with van der Waals surface area (Å²) in [7, 11) is 4.52. The monoisotopic (exact) mass is 431 g/mol. The Labute approximate surface area is 178 Å². The summed E-state index contributed by atoms with van der Waals surface area (Å²) in [6.45, 7) is 1.84. The first-order chi connectivity index (χ1) is 14.4. The molecular formula is C22H22ClNO6. The first-order valence-corrected chi connectivity index (χ1v) is 9.57. The molecule has 2 aromatic carbocycles. The molecule has 0 bridgehead atoms.